The van der Waals surface area contributed by atoms with Gasteiger partial charge in [0.2, 0.25) is 5.82 Å². The number of carboxylic acid groups (broad SMARTS) is 1. The van der Waals surface area contributed by atoms with E-state index in [0.29, 0.717) is 13.0 Å². The molecule has 2 aromatic rings. The fourth-order valence-electron chi connectivity index (χ4n) is 3.74. The van der Waals surface area contributed by atoms with Crippen molar-refractivity contribution in [1.82, 2.24) is 19.8 Å². The van der Waals surface area contributed by atoms with Crippen LogP contribution in [0.15, 0.2) is 24.4 Å². The van der Waals surface area contributed by atoms with Crippen molar-refractivity contribution in [2.75, 3.05) is 13.1 Å². The number of nitrogens with zero attached hydrogens (tertiary/aromatic N) is 3. The minimum Gasteiger partial charge on any atom is -0.481 e. The number of aromatic nitrogens is 2. The molecule has 1 aromatic heterocycles. The van der Waals surface area contributed by atoms with Gasteiger partial charge in [0.05, 0.1) is 12.1 Å². The first kappa shape index (κ1) is 25.8. The number of carbonyl (C=O) groups is 3. The van der Waals surface area contributed by atoms with E-state index in [-0.39, 0.29) is 31.2 Å². The third-order valence-corrected chi connectivity index (χ3v) is 5.32. The average molecular weight is 481 g/mol. The van der Waals surface area contributed by atoms with Gasteiger partial charge in [0.15, 0.2) is 0 Å². The Balaban J connectivity index is 1.64. The summed E-state index contributed by atoms with van der Waals surface area (Å²) >= 11 is 0. The van der Waals surface area contributed by atoms with E-state index in [1.165, 1.54) is 4.90 Å². The van der Waals surface area contributed by atoms with Crippen LogP contribution < -0.4 is 5.32 Å². The molecule has 0 fully saturated rings. The number of hydrogen-bond donors (Lipinski definition) is 2. The molecule has 1 aromatic carbocycles. The van der Waals surface area contributed by atoms with Crippen LogP contribution in [0.1, 0.15) is 73.9 Å². The number of unbranched alkanes of at least 4 members (excludes halogenated alkanes) is 2. The number of rotatable bonds is 7. The molecule has 0 atom stereocenters. The van der Waals surface area contributed by atoms with Gasteiger partial charge < -0.3 is 20.1 Å². The van der Waals surface area contributed by atoms with E-state index >= 15 is 0 Å². The third kappa shape index (κ3) is 7.09. The molecule has 0 aliphatic carbocycles. The van der Waals surface area contributed by atoms with Crippen molar-refractivity contribution in [3.63, 3.8) is 0 Å². The highest BCUT2D eigenvalue weighted by molar-refractivity contribution is 5.92. The third-order valence-electron chi connectivity index (χ3n) is 5.32. The zero-order chi connectivity index (χ0) is 25.6. The van der Waals surface area contributed by atoms with Gasteiger partial charge >= 0.3 is 12.1 Å². The Morgan fingerprint density at radius 1 is 1.26 bits per heavy atom. The fraction of sp³-hybridized carbons (Fsp3) is 0.462. The minimum atomic E-state index is -0.956. The second-order valence-corrected chi connectivity index (χ2v) is 9.46. The molecule has 35 heavy (non-hydrogen) atoms. The summed E-state index contributed by atoms with van der Waals surface area (Å²) in [7, 11) is 0. The van der Waals surface area contributed by atoms with Crippen molar-refractivity contribution in [1.29, 1.82) is 0 Å². The number of aryl methyl sites for hydroxylation is 1. The summed E-state index contributed by atoms with van der Waals surface area (Å²) in [5.74, 6) is 5.37. The number of alkyl carbamates (subject to hydrolysis) is 1. The maximum absolute atomic E-state index is 13.0. The maximum atomic E-state index is 13.0. The number of ether oxygens (including phenoxy) is 1. The van der Waals surface area contributed by atoms with Crippen LogP contribution in [0.25, 0.3) is 5.69 Å². The highest BCUT2D eigenvalue weighted by Gasteiger charge is 2.28. The highest BCUT2D eigenvalue weighted by atomic mass is 16.6. The molecule has 2 heterocycles. The van der Waals surface area contributed by atoms with Crippen molar-refractivity contribution in [2.24, 2.45) is 0 Å². The molecule has 0 saturated heterocycles. The van der Waals surface area contributed by atoms with E-state index in [4.69, 9.17) is 9.84 Å². The molecular weight excluding hydrogens is 448 g/mol. The zero-order valence-electron chi connectivity index (χ0n) is 20.7. The molecule has 0 saturated carbocycles. The quantitative estimate of drug-likeness (QED) is 0.462. The summed E-state index contributed by atoms with van der Waals surface area (Å²) in [6.07, 6.45) is 3.40. The van der Waals surface area contributed by atoms with Crippen LogP contribution in [0.5, 0.6) is 0 Å². The number of fused-ring (bicyclic) bond motifs is 3. The summed E-state index contributed by atoms with van der Waals surface area (Å²) < 4.78 is 7.02. The van der Waals surface area contributed by atoms with Gasteiger partial charge in [-0.3, -0.25) is 14.2 Å². The Hall–Kier alpha value is -3.80. The summed E-state index contributed by atoms with van der Waals surface area (Å²) in [6.45, 7) is 8.28. The predicted octanol–water partition coefficient (Wildman–Crippen LogP) is 3.66. The number of benzene rings is 1. The van der Waals surface area contributed by atoms with Crippen LogP contribution in [0.2, 0.25) is 0 Å². The number of nitrogens with one attached hydrogen (secondary N) is 1. The minimum absolute atomic E-state index is 0.104. The standard InChI is InChI=1S/C26H32N4O5/c1-18-16-28-23-24(33)29(14-12-22(31)32)17-20-15-19(10-11-21(20)30(18)23)9-7-5-6-8-13-27-25(34)35-26(2,3)4/h10-11,15-16H,5-6,8,12-14,17H2,1-4H3,(H,27,34)(H,31,32). The molecule has 186 valence electrons. The number of hydrogen-bond acceptors (Lipinski definition) is 5. The lowest BCUT2D eigenvalue weighted by Gasteiger charge is -2.19. The Bertz CT molecular complexity index is 1170. The largest absolute Gasteiger partial charge is 0.481 e. The number of amides is 2. The van der Waals surface area contributed by atoms with Crippen molar-refractivity contribution in [2.45, 2.75) is 65.5 Å². The van der Waals surface area contributed by atoms with Gasteiger partial charge in [-0.1, -0.05) is 11.8 Å². The van der Waals surface area contributed by atoms with E-state index in [2.05, 4.69) is 22.1 Å². The number of carboxylic acids is 1. The van der Waals surface area contributed by atoms with Crippen LogP contribution in [-0.2, 0) is 16.1 Å². The second kappa shape index (κ2) is 11.1. The molecule has 9 heteroatoms. The highest BCUT2D eigenvalue weighted by Crippen LogP contribution is 2.26. The zero-order valence-corrected chi connectivity index (χ0v) is 20.7. The predicted molar refractivity (Wildman–Crippen MR) is 130 cm³/mol. The lowest BCUT2D eigenvalue weighted by atomic mass is 10.1. The molecule has 0 unspecified atom stereocenters. The van der Waals surface area contributed by atoms with Crippen LogP contribution >= 0.6 is 0 Å². The van der Waals surface area contributed by atoms with E-state index in [1.807, 2.05) is 50.5 Å². The molecule has 2 amide bonds. The monoisotopic (exact) mass is 480 g/mol. The van der Waals surface area contributed by atoms with Gasteiger partial charge in [0.1, 0.15) is 5.60 Å². The Morgan fingerprint density at radius 3 is 2.74 bits per heavy atom. The average Bonchev–Trinajstić information content (AvgIpc) is 3.10. The number of imidazole rings is 1. The molecule has 0 bridgehead atoms. The van der Waals surface area contributed by atoms with Gasteiger partial charge in [-0.05, 0) is 64.3 Å². The van der Waals surface area contributed by atoms with Crippen molar-refractivity contribution >= 4 is 18.0 Å². The van der Waals surface area contributed by atoms with E-state index in [1.54, 1.807) is 6.20 Å². The van der Waals surface area contributed by atoms with Gasteiger partial charge in [0, 0.05) is 43.5 Å². The van der Waals surface area contributed by atoms with Gasteiger partial charge in [0.25, 0.3) is 5.91 Å². The molecule has 0 radical (unpaired) electrons. The Labute approximate surface area is 205 Å². The topological polar surface area (TPSA) is 114 Å². The smallest absolute Gasteiger partial charge is 0.407 e. The van der Waals surface area contributed by atoms with Crippen LogP contribution in [0, 0.1) is 18.8 Å². The normalized spacial score (nSPS) is 12.7. The first-order valence-electron chi connectivity index (χ1n) is 11.7. The summed E-state index contributed by atoms with van der Waals surface area (Å²) in [5, 5.41) is 11.8. The summed E-state index contributed by atoms with van der Waals surface area (Å²) in [5.41, 5.74) is 2.87. The van der Waals surface area contributed by atoms with Crippen LogP contribution in [0.3, 0.4) is 0 Å². The first-order chi connectivity index (χ1) is 16.5. The lowest BCUT2D eigenvalue weighted by Crippen LogP contribution is -2.32. The van der Waals surface area contributed by atoms with E-state index in [9.17, 15) is 14.4 Å². The lowest BCUT2D eigenvalue weighted by molar-refractivity contribution is -0.137. The van der Waals surface area contributed by atoms with Crippen molar-refractivity contribution in [3.8, 4) is 17.5 Å². The number of carbonyl (C=O) groups excluding carboxylic acids is 2. The van der Waals surface area contributed by atoms with Gasteiger partial charge in [-0.2, -0.15) is 0 Å². The van der Waals surface area contributed by atoms with Crippen LogP contribution in [0.4, 0.5) is 4.79 Å². The molecule has 9 nitrogen and oxygen atoms in total. The molecular formula is C26H32N4O5. The SMILES string of the molecule is Cc1cnc2n1-c1ccc(C#CCCCCNC(=O)OC(C)(C)C)cc1CN(CCC(=O)O)C2=O. The second-order valence-electron chi connectivity index (χ2n) is 9.46. The molecule has 2 N–H and O–H groups in total. The van der Waals surface area contributed by atoms with E-state index < -0.39 is 17.7 Å². The van der Waals surface area contributed by atoms with Gasteiger partial charge in [-0.25, -0.2) is 9.78 Å². The van der Waals surface area contributed by atoms with Gasteiger partial charge in [-0.15, -0.1) is 0 Å². The molecule has 3 rings (SSSR count). The van der Waals surface area contributed by atoms with Crippen molar-refractivity contribution in [3.05, 3.63) is 47.0 Å². The van der Waals surface area contributed by atoms with E-state index in [0.717, 1.165) is 35.3 Å². The van der Waals surface area contributed by atoms with Crippen molar-refractivity contribution < 1.29 is 24.2 Å². The first-order valence-corrected chi connectivity index (χ1v) is 11.7. The Kier molecular flexibility index (Phi) is 8.18. The summed E-state index contributed by atoms with van der Waals surface area (Å²) in [6, 6.07) is 5.79. The summed E-state index contributed by atoms with van der Waals surface area (Å²) in [4.78, 5) is 41.5. The fourth-order valence-corrected chi connectivity index (χ4v) is 3.74. The molecule has 1 aliphatic heterocycles. The van der Waals surface area contributed by atoms with Crippen LogP contribution in [-0.4, -0.2) is 56.2 Å². The number of aliphatic carboxylic acids is 1. The Morgan fingerprint density at radius 2 is 2.03 bits per heavy atom. The molecule has 0 spiro atoms. The molecule has 1 aliphatic rings. The maximum Gasteiger partial charge on any atom is 0.407 e.